The van der Waals surface area contributed by atoms with Crippen molar-refractivity contribution in [2.24, 2.45) is 0 Å². The monoisotopic (exact) mass is 369 g/mol. The highest BCUT2D eigenvalue weighted by atomic mass is 16.5. The number of ether oxygens (including phenoxy) is 1. The van der Waals surface area contributed by atoms with E-state index in [1.54, 1.807) is 0 Å². The van der Waals surface area contributed by atoms with Crippen molar-refractivity contribution in [3.8, 4) is 0 Å². The third kappa shape index (κ3) is 3.44. The number of amides is 1. The summed E-state index contributed by atoms with van der Waals surface area (Å²) in [6.45, 7) is 2.38. The van der Waals surface area contributed by atoms with E-state index in [-0.39, 0.29) is 5.91 Å². The van der Waals surface area contributed by atoms with Gasteiger partial charge in [0.05, 0.1) is 5.57 Å². The first-order valence-electron chi connectivity index (χ1n) is 9.51. The maximum Gasteiger partial charge on any atom is 0.251 e. The largest absolute Gasteiger partial charge is 0.482 e. The zero-order chi connectivity index (χ0) is 19.4. The lowest BCUT2D eigenvalue weighted by atomic mass is 9.82. The Hall–Kier alpha value is -3.33. The van der Waals surface area contributed by atoms with Crippen LogP contribution in [-0.4, -0.2) is 5.91 Å². The zero-order valence-electron chi connectivity index (χ0n) is 15.9. The summed E-state index contributed by atoms with van der Waals surface area (Å²) in [7, 11) is 0. The van der Waals surface area contributed by atoms with Crippen LogP contribution in [0.15, 0.2) is 102 Å². The molecule has 1 aliphatic heterocycles. The van der Waals surface area contributed by atoms with Crippen LogP contribution in [0.2, 0.25) is 0 Å². The van der Waals surface area contributed by atoms with Crippen LogP contribution in [0, 0.1) is 0 Å². The minimum absolute atomic E-state index is 0.0740. The number of benzene rings is 3. The van der Waals surface area contributed by atoms with Gasteiger partial charge in [-0.3, -0.25) is 4.79 Å². The third-order valence-corrected chi connectivity index (χ3v) is 5.23. The molecule has 4 rings (SSSR count). The van der Waals surface area contributed by atoms with E-state index in [4.69, 9.17) is 4.74 Å². The van der Waals surface area contributed by atoms with Crippen molar-refractivity contribution >= 4 is 5.91 Å². The van der Waals surface area contributed by atoms with Crippen LogP contribution in [0.25, 0.3) is 0 Å². The molecule has 0 aliphatic carbocycles. The number of rotatable bonds is 5. The molecule has 1 heterocycles. The van der Waals surface area contributed by atoms with E-state index in [0.29, 0.717) is 24.3 Å². The molecule has 0 spiro atoms. The summed E-state index contributed by atoms with van der Waals surface area (Å²) in [4.78, 5) is 12.9. The molecule has 3 heteroatoms. The number of nitrogens with one attached hydrogen (secondary N) is 1. The van der Waals surface area contributed by atoms with Gasteiger partial charge >= 0.3 is 0 Å². The van der Waals surface area contributed by atoms with Crippen LogP contribution in [0.4, 0.5) is 0 Å². The highest BCUT2D eigenvalue weighted by Gasteiger charge is 2.44. The van der Waals surface area contributed by atoms with E-state index in [9.17, 15) is 4.79 Å². The fourth-order valence-electron chi connectivity index (χ4n) is 3.76. The van der Waals surface area contributed by atoms with Gasteiger partial charge in [-0.15, -0.1) is 0 Å². The fourth-order valence-corrected chi connectivity index (χ4v) is 3.76. The number of hydrogen-bond acceptors (Lipinski definition) is 2. The van der Waals surface area contributed by atoms with Crippen molar-refractivity contribution in [2.45, 2.75) is 25.5 Å². The van der Waals surface area contributed by atoms with Crippen LogP contribution < -0.4 is 5.32 Å². The molecule has 1 N–H and O–H groups in total. The van der Waals surface area contributed by atoms with Gasteiger partial charge in [0.15, 0.2) is 5.60 Å². The van der Waals surface area contributed by atoms with Gasteiger partial charge in [0.25, 0.3) is 5.91 Å². The molecule has 0 aromatic heterocycles. The van der Waals surface area contributed by atoms with E-state index in [2.05, 4.69) is 29.6 Å². The van der Waals surface area contributed by atoms with Crippen LogP contribution in [0.3, 0.4) is 0 Å². The summed E-state index contributed by atoms with van der Waals surface area (Å²) in [5, 5.41) is 3.04. The molecular weight excluding hydrogens is 346 g/mol. The topological polar surface area (TPSA) is 38.3 Å². The lowest BCUT2D eigenvalue weighted by Crippen LogP contribution is -2.29. The molecule has 0 bridgehead atoms. The predicted octanol–water partition coefficient (Wildman–Crippen LogP) is 4.94. The first kappa shape index (κ1) is 18.1. The van der Waals surface area contributed by atoms with Gasteiger partial charge in [0, 0.05) is 24.1 Å². The molecule has 0 saturated carbocycles. The Bertz CT molecular complexity index is 939. The van der Waals surface area contributed by atoms with Crippen molar-refractivity contribution in [3.63, 3.8) is 0 Å². The quantitative estimate of drug-likeness (QED) is 0.692. The Morgan fingerprint density at radius 1 is 0.857 bits per heavy atom. The van der Waals surface area contributed by atoms with Crippen molar-refractivity contribution in [2.75, 3.05) is 0 Å². The summed E-state index contributed by atoms with van der Waals surface area (Å²) in [6, 6.07) is 30.2. The first-order valence-corrected chi connectivity index (χ1v) is 9.51. The fraction of sp³-hybridized carbons (Fsp3) is 0.160. The number of hydrogen-bond donors (Lipinski definition) is 1. The van der Waals surface area contributed by atoms with Crippen molar-refractivity contribution in [3.05, 3.63) is 119 Å². The van der Waals surface area contributed by atoms with E-state index in [1.165, 1.54) is 0 Å². The highest BCUT2D eigenvalue weighted by Crippen LogP contribution is 2.46. The number of carbonyl (C=O) groups excluding carboxylic acids is 1. The Morgan fingerprint density at radius 3 is 1.89 bits per heavy atom. The standard InChI is InChI=1S/C25H23NO2/c1-19-23(24(27)26-18-20-11-5-2-6-12-20)17-25(28-19,21-13-7-3-8-14-21)22-15-9-4-10-16-22/h2-16H,17-18H2,1H3,(H,26,27). The predicted molar refractivity (Wildman–Crippen MR) is 110 cm³/mol. The van der Waals surface area contributed by atoms with Crippen LogP contribution in [0.5, 0.6) is 0 Å². The van der Waals surface area contributed by atoms with Crippen LogP contribution in [-0.2, 0) is 21.7 Å². The Labute approximate surface area is 165 Å². The van der Waals surface area contributed by atoms with Crippen LogP contribution in [0.1, 0.15) is 30.0 Å². The normalized spacial score (nSPS) is 15.2. The van der Waals surface area contributed by atoms with Gasteiger partial charge in [-0.25, -0.2) is 0 Å². The summed E-state index contributed by atoms with van der Waals surface area (Å²) in [5.74, 6) is 0.605. The molecule has 3 nitrogen and oxygen atoms in total. The van der Waals surface area contributed by atoms with Gasteiger partial charge < -0.3 is 10.1 Å². The summed E-state index contributed by atoms with van der Waals surface area (Å²) >= 11 is 0. The van der Waals surface area contributed by atoms with Gasteiger partial charge in [-0.2, -0.15) is 0 Å². The highest BCUT2D eigenvalue weighted by molar-refractivity contribution is 5.94. The lowest BCUT2D eigenvalue weighted by Gasteiger charge is -2.31. The van der Waals surface area contributed by atoms with E-state index in [1.807, 2.05) is 73.7 Å². The average molecular weight is 369 g/mol. The van der Waals surface area contributed by atoms with E-state index in [0.717, 1.165) is 16.7 Å². The minimum Gasteiger partial charge on any atom is -0.482 e. The Morgan fingerprint density at radius 2 is 1.36 bits per heavy atom. The van der Waals surface area contributed by atoms with Gasteiger partial charge in [0.2, 0.25) is 0 Å². The maximum atomic E-state index is 12.9. The number of carbonyl (C=O) groups is 1. The average Bonchev–Trinajstić information content (AvgIpc) is 3.13. The molecular formula is C25H23NO2. The summed E-state index contributed by atoms with van der Waals surface area (Å²) in [5.41, 5.74) is 3.19. The van der Waals surface area contributed by atoms with Crippen molar-refractivity contribution in [1.29, 1.82) is 0 Å². The summed E-state index contributed by atoms with van der Waals surface area (Å²) in [6.07, 6.45) is 0.507. The molecule has 0 radical (unpaired) electrons. The van der Waals surface area contributed by atoms with Crippen molar-refractivity contribution in [1.82, 2.24) is 5.32 Å². The third-order valence-electron chi connectivity index (χ3n) is 5.23. The van der Waals surface area contributed by atoms with Gasteiger partial charge in [-0.1, -0.05) is 91.0 Å². The molecule has 28 heavy (non-hydrogen) atoms. The second-order valence-electron chi connectivity index (χ2n) is 7.04. The van der Waals surface area contributed by atoms with E-state index < -0.39 is 5.60 Å². The second-order valence-corrected chi connectivity index (χ2v) is 7.04. The molecule has 0 atom stereocenters. The van der Waals surface area contributed by atoms with E-state index >= 15 is 0 Å². The molecule has 1 aliphatic rings. The molecule has 0 fully saturated rings. The molecule has 1 amide bonds. The zero-order valence-corrected chi connectivity index (χ0v) is 15.9. The Kier molecular flexibility index (Phi) is 4.98. The summed E-state index contributed by atoms with van der Waals surface area (Å²) < 4.78 is 6.43. The second kappa shape index (κ2) is 7.73. The molecule has 3 aromatic rings. The molecule has 0 saturated heterocycles. The Balaban J connectivity index is 1.61. The van der Waals surface area contributed by atoms with Gasteiger partial charge in [-0.05, 0) is 12.5 Å². The van der Waals surface area contributed by atoms with Crippen molar-refractivity contribution < 1.29 is 9.53 Å². The SMILES string of the molecule is CC1=C(C(=O)NCc2ccccc2)CC(c2ccccc2)(c2ccccc2)O1. The first-order chi connectivity index (χ1) is 13.7. The maximum absolute atomic E-state index is 12.9. The lowest BCUT2D eigenvalue weighted by molar-refractivity contribution is -0.117. The molecule has 3 aromatic carbocycles. The van der Waals surface area contributed by atoms with Crippen LogP contribution >= 0.6 is 0 Å². The minimum atomic E-state index is -0.675. The van der Waals surface area contributed by atoms with Gasteiger partial charge in [0.1, 0.15) is 5.76 Å². The number of allylic oxidation sites excluding steroid dienone is 1. The molecule has 140 valence electrons. The molecule has 0 unspecified atom stereocenters. The smallest absolute Gasteiger partial charge is 0.251 e.